The molecule has 1 aromatic heterocycles. The molecule has 0 atom stereocenters. The summed E-state index contributed by atoms with van der Waals surface area (Å²) in [6.45, 7) is 2.96. The number of hydrogen-bond donors (Lipinski definition) is 0. The lowest BCUT2D eigenvalue weighted by Gasteiger charge is -2.22. The van der Waals surface area contributed by atoms with Gasteiger partial charge in [-0.05, 0) is 43.4 Å². The zero-order valence-electron chi connectivity index (χ0n) is 14.8. The molecule has 1 fully saturated rings. The molecule has 3 rings (SSSR count). The van der Waals surface area contributed by atoms with Crippen molar-refractivity contribution < 1.29 is 13.5 Å². The molecule has 1 saturated carbocycles. The maximum Gasteiger partial charge on any atom is 0.212 e. The zero-order chi connectivity index (χ0) is 17.6. The summed E-state index contributed by atoms with van der Waals surface area (Å²) in [6, 6.07) is 5.37. The van der Waals surface area contributed by atoms with Gasteiger partial charge in [-0.3, -0.25) is 0 Å². The van der Waals surface area contributed by atoms with Crippen LogP contribution in [0.5, 0.6) is 5.88 Å². The van der Waals surface area contributed by atoms with E-state index in [1.54, 1.807) is 0 Å². The maximum atomic E-state index is 13.8. The van der Waals surface area contributed by atoms with Gasteiger partial charge < -0.3 is 4.74 Å². The SMILES string of the molecule is CCCc1cc(OCc2cc(F)ccc2F)n(CC2CCCCC2)n1. The predicted octanol–water partition coefficient (Wildman–Crippen LogP) is 5.27. The van der Waals surface area contributed by atoms with Crippen LogP contribution in [0.1, 0.15) is 56.7 Å². The van der Waals surface area contributed by atoms with Gasteiger partial charge in [-0.1, -0.05) is 32.6 Å². The minimum atomic E-state index is -0.456. The van der Waals surface area contributed by atoms with E-state index in [2.05, 4.69) is 12.0 Å². The van der Waals surface area contributed by atoms with E-state index in [0.29, 0.717) is 11.8 Å². The van der Waals surface area contributed by atoms with Gasteiger partial charge in [0, 0.05) is 18.2 Å². The number of aryl methyl sites for hydroxylation is 1. The standard InChI is InChI=1S/C20H26F2N2O/c1-2-6-18-12-20(24(23-18)13-15-7-4-3-5-8-15)25-14-16-11-17(21)9-10-19(16)22/h9-12,15H,2-8,13-14H2,1H3. The van der Waals surface area contributed by atoms with Crippen LogP contribution in [0.15, 0.2) is 24.3 Å². The summed E-state index contributed by atoms with van der Waals surface area (Å²) >= 11 is 0. The van der Waals surface area contributed by atoms with Crippen molar-refractivity contribution in [2.24, 2.45) is 5.92 Å². The van der Waals surface area contributed by atoms with E-state index in [0.717, 1.165) is 37.2 Å². The van der Waals surface area contributed by atoms with E-state index in [9.17, 15) is 8.78 Å². The lowest BCUT2D eigenvalue weighted by atomic mass is 9.89. The van der Waals surface area contributed by atoms with E-state index in [1.807, 2.05) is 10.7 Å². The number of benzene rings is 1. The molecule has 1 aromatic carbocycles. The lowest BCUT2D eigenvalue weighted by Crippen LogP contribution is -2.16. The summed E-state index contributed by atoms with van der Waals surface area (Å²) in [6.07, 6.45) is 8.22. The quantitative estimate of drug-likeness (QED) is 0.681. The number of ether oxygens (including phenoxy) is 1. The van der Waals surface area contributed by atoms with Crippen molar-refractivity contribution in [3.05, 3.63) is 47.2 Å². The second-order valence-corrected chi connectivity index (χ2v) is 6.93. The molecule has 1 heterocycles. The molecular weight excluding hydrogens is 322 g/mol. The van der Waals surface area contributed by atoms with Crippen molar-refractivity contribution in [1.29, 1.82) is 0 Å². The van der Waals surface area contributed by atoms with Gasteiger partial charge in [0.05, 0.1) is 5.69 Å². The largest absolute Gasteiger partial charge is 0.473 e. The Morgan fingerprint density at radius 2 is 1.96 bits per heavy atom. The van der Waals surface area contributed by atoms with Crippen LogP contribution in [0, 0.1) is 17.6 Å². The monoisotopic (exact) mass is 348 g/mol. The first-order chi connectivity index (χ1) is 12.2. The highest BCUT2D eigenvalue weighted by Crippen LogP contribution is 2.27. The van der Waals surface area contributed by atoms with Gasteiger partial charge in [0.1, 0.15) is 18.2 Å². The average Bonchev–Trinajstić information content (AvgIpc) is 2.98. The van der Waals surface area contributed by atoms with Gasteiger partial charge in [-0.2, -0.15) is 5.10 Å². The Labute approximate surface area is 148 Å². The van der Waals surface area contributed by atoms with Gasteiger partial charge in [0.15, 0.2) is 0 Å². The first kappa shape index (κ1) is 17.9. The number of rotatable bonds is 7. The zero-order valence-corrected chi connectivity index (χ0v) is 14.8. The fraction of sp³-hybridized carbons (Fsp3) is 0.550. The maximum absolute atomic E-state index is 13.8. The minimum Gasteiger partial charge on any atom is -0.473 e. The van der Waals surface area contributed by atoms with Crippen LogP contribution in [0.25, 0.3) is 0 Å². The third kappa shape index (κ3) is 4.80. The first-order valence-electron chi connectivity index (χ1n) is 9.29. The van der Waals surface area contributed by atoms with E-state index in [1.165, 1.54) is 38.2 Å². The van der Waals surface area contributed by atoms with Crippen molar-refractivity contribution in [3.8, 4) is 5.88 Å². The molecule has 0 bridgehead atoms. The van der Waals surface area contributed by atoms with E-state index in [4.69, 9.17) is 4.74 Å². The molecule has 136 valence electrons. The van der Waals surface area contributed by atoms with E-state index in [-0.39, 0.29) is 12.2 Å². The van der Waals surface area contributed by atoms with Crippen LogP contribution in [0.3, 0.4) is 0 Å². The average molecular weight is 348 g/mol. The molecular formula is C20H26F2N2O. The predicted molar refractivity (Wildman–Crippen MR) is 93.5 cm³/mol. The summed E-state index contributed by atoms with van der Waals surface area (Å²) in [4.78, 5) is 0. The highest BCUT2D eigenvalue weighted by molar-refractivity contribution is 5.21. The molecule has 0 aliphatic heterocycles. The summed E-state index contributed by atoms with van der Waals surface area (Å²) in [5, 5.41) is 4.67. The van der Waals surface area contributed by atoms with Crippen LogP contribution in [-0.4, -0.2) is 9.78 Å². The number of nitrogens with zero attached hydrogens (tertiary/aromatic N) is 2. The van der Waals surface area contributed by atoms with E-state index >= 15 is 0 Å². The summed E-state index contributed by atoms with van der Waals surface area (Å²) < 4.78 is 34.9. The normalized spacial score (nSPS) is 15.5. The van der Waals surface area contributed by atoms with Crippen LogP contribution in [0.2, 0.25) is 0 Å². The summed E-state index contributed by atoms with van der Waals surface area (Å²) in [5.41, 5.74) is 1.22. The van der Waals surface area contributed by atoms with Crippen LogP contribution >= 0.6 is 0 Å². The Hall–Kier alpha value is -1.91. The van der Waals surface area contributed by atoms with Crippen LogP contribution < -0.4 is 4.74 Å². The molecule has 0 N–H and O–H groups in total. The molecule has 3 nitrogen and oxygen atoms in total. The third-order valence-electron chi connectivity index (χ3n) is 4.84. The molecule has 1 aliphatic carbocycles. The van der Waals surface area contributed by atoms with Crippen molar-refractivity contribution >= 4 is 0 Å². The van der Waals surface area contributed by atoms with Crippen molar-refractivity contribution in [2.75, 3.05) is 0 Å². The molecule has 2 aromatic rings. The Balaban J connectivity index is 1.72. The molecule has 5 heteroatoms. The van der Waals surface area contributed by atoms with Crippen LogP contribution in [-0.2, 0) is 19.6 Å². The molecule has 0 saturated heterocycles. The Morgan fingerprint density at radius 3 is 2.72 bits per heavy atom. The first-order valence-corrected chi connectivity index (χ1v) is 9.29. The molecule has 25 heavy (non-hydrogen) atoms. The van der Waals surface area contributed by atoms with Crippen molar-refractivity contribution in [1.82, 2.24) is 9.78 Å². The van der Waals surface area contributed by atoms with Crippen molar-refractivity contribution in [3.63, 3.8) is 0 Å². The third-order valence-corrected chi connectivity index (χ3v) is 4.84. The van der Waals surface area contributed by atoms with Crippen molar-refractivity contribution in [2.45, 2.75) is 65.0 Å². The topological polar surface area (TPSA) is 27.1 Å². The van der Waals surface area contributed by atoms with E-state index < -0.39 is 11.6 Å². The van der Waals surface area contributed by atoms with Gasteiger partial charge >= 0.3 is 0 Å². The Kier molecular flexibility index (Phi) is 6.05. The van der Waals surface area contributed by atoms with Gasteiger partial charge in [-0.25, -0.2) is 13.5 Å². The highest BCUT2D eigenvalue weighted by atomic mass is 19.1. The van der Waals surface area contributed by atoms with Gasteiger partial charge in [0.25, 0.3) is 0 Å². The summed E-state index contributed by atoms with van der Waals surface area (Å²) in [5.74, 6) is 0.366. The molecule has 0 spiro atoms. The van der Waals surface area contributed by atoms with Gasteiger partial charge in [-0.15, -0.1) is 0 Å². The Bertz CT molecular complexity index is 693. The minimum absolute atomic E-state index is 0.00547. The molecule has 0 amide bonds. The molecule has 1 aliphatic rings. The van der Waals surface area contributed by atoms with Gasteiger partial charge in [0.2, 0.25) is 5.88 Å². The van der Waals surface area contributed by atoms with Crippen LogP contribution in [0.4, 0.5) is 8.78 Å². The number of aromatic nitrogens is 2. The second-order valence-electron chi connectivity index (χ2n) is 6.93. The second kappa shape index (κ2) is 8.45. The Morgan fingerprint density at radius 1 is 1.16 bits per heavy atom. The molecule has 0 radical (unpaired) electrons. The number of hydrogen-bond acceptors (Lipinski definition) is 2. The smallest absolute Gasteiger partial charge is 0.212 e. The fourth-order valence-electron chi connectivity index (χ4n) is 3.50. The summed E-state index contributed by atoms with van der Waals surface area (Å²) in [7, 11) is 0. The fourth-order valence-corrected chi connectivity index (χ4v) is 3.50. The lowest BCUT2D eigenvalue weighted by molar-refractivity contribution is 0.242. The highest BCUT2D eigenvalue weighted by Gasteiger charge is 2.18. The molecule has 0 unspecified atom stereocenters. The number of halogens is 2.